The van der Waals surface area contributed by atoms with E-state index in [-0.39, 0.29) is 16.6 Å². The normalized spacial score (nSPS) is 9.86. The molecule has 0 aromatic carbocycles. The minimum absolute atomic E-state index is 0.0598. The smallest absolute Gasteiger partial charge is 0.349 e. The summed E-state index contributed by atoms with van der Waals surface area (Å²) in [6.07, 6.45) is 1.79. The lowest BCUT2D eigenvalue weighted by Crippen LogP contribution is -2.09. The fraction of sp³-hybridized carbons (Fsp3) is 0.286. The summed E-state index contributed by atoms with van der Waals surface area (Å²) in [6.45, 7) is 1.31. The number of thiazole rings is 1. The molecular weight excluding hydrogens is 224 g/mol. The number of aromatic carboxylic acids is 1. The van der Waals surface area contributed by atoms with Gasteiger partial charge in [0, 0.05) is 6.92 Å². The number of anilines is 1. The van der Waals surface area contributed by atoms with Gasteiger partial charge in [0.25, 0.3) is 0 Å². The largest absolute Gasteiger partial charge is 0.477 e. The van der Waals surface area contributed by atoms with Crippen LogP contribution in [0.4, 0.5) is 5.82 Å². The summed E-state index contributed by atoms with van der Waals surface area (Å²) < 4.78 is 0.617. The Balaban J connectivity index is 3.05. The van der Waals surface area contributed by atoms with E-state index in [1.807, 2.05) is 0 Å². The van der Waals surface area contributed by atoms with Crippen LogP contribution in [-0.2, 0) is 4.79 Å². The van der Waals surface area contributed by atoms with E-state index in [0.717, 1.165) is 11.3 Å². The SMILES string of the molecule is CSc1nc(NC(C)=O)c(C(=O)O)s1. The molecule has 1 amide bonds. The number of carbonyl (C=O) groups is 2. The molecule has 0 saturated carbocycles. The predicted molar refractivity (Wildman–Crippen MR) is 55.2 cm³/mol. The molecule has 0 atom stereocenters. The molecule has 0 fully saturated rings. The molecule has 0 aliphatic rings. The molecule has 1 rings (SSSR count). The van der Waals surface area contributed by atoms with Crippen molar-refractivity contribution >= 4 is 40.8 Å². The number of carbonyl (C=O) groups excluding carboxylic acids is 1. The van der Waals surface area contributed by atoms with Crippen molar-refractivity contribution in [1.82, 2.24) is 4.98 Å². The standard InChI is InChI=1S/C7H8N2O3S2/c1-3(10)8-5-4(6(11)12)14-7(9-5)13-2/h1-2H3,(H,8,10)(H,11,12). The number of thioether (sulfide) groups is 1. The van der Waals surface area contributed by atoms with Gasteiger partial charge in [0.2, 0.25) is 5.91 Å². The zero-order valence-electron chi connectivity index (χ0n) is 7.53. The minimum Gasteiger partial charge on any atom is -0.477 e. The summed E-state index contributed by atoms with van der Waals surface area (Å²) in [7, 11) is 0. The molecule has 0 unspecified atom stereocenters. The first-order valence-corrected chi connectivity index (χ1v) is 5.64. The molecular formula is C7H8N2O3S2. The molecule has 76 valence electrons. The monoisotopic (exact) mass is 232 g/mol. The lowest BCUT2D eigenvalue weighted by Gasteiger charge is -1.96. The molecule has 1 aromatic heterocycles. The van der Waals surface area contributed by atoms with Gasteiger partial charge >= 0.3 is 5.97 Å². The van der Waals surface area contributed by atoms with E-state index in [2.05, 4.69) is 10.3 Å². The Morgan fingerprint density at radius 3 is 2.64 bits per heavy atom. The highest BCUT2D eigenvalue weighted by atomic mass is 32.2. The summed E-state index contributed by atoms with van der Waals surface area (Å²) in [6, 6.07) is 0. The Morgan fingerprint density at radius 1 is 1.57 bits per heavy atom. The van der Waals surface area contributed by atoms with Gasteiger partial charge in [-0.2, -0.15) is 0 Å². The second kappa shape index (κ2) is 4.43. The molecule has 7 heteroatoms. The molecule has 0 spiro atoms. The third-order valence-corrected chi connectivity index (χ3v) is 3.30. The van der Waals surface area contributed by atoms with Crippen LogP contribution in [0.25, 0.3) is 0 Å². The summed E-state index contributed by atoms with van der Waals surface area (Å²) in [5, 5.41) is 11.2. The lowest BCUT2D eigenvalue weighted by atomic mass is 10.5. The van der Waals surface area contributed by atoms with Gasteiger partial charge in [0.15, 0.2) is 15.0 Å². The average molecular weight is 232 g/mol. The predicted octanol–water partition coefficient (Wildman–Crippen LogP) is 1.52. The van der Waals surface area contributed by atoms with Gasteiger partial charge in [0.1, 0.15) is 0 Å². The summed E-state index contributed by atoms with van der Waals surface area (Å²) in [5.74, 6) is -1.28. The van der Waals surface area contributed by atoms with E-state index in [4.69, 9.17) is 5.11 Å². The molecule has 14 heavy (non-hydrogen) atoms. The van der Waals surface area contributed by atoms with Crippen LogP contribution in [0.3, 0.4) is 0 Å². The highest BCUT2D eigenvalue weighted by Crippen LogP contribution is 2.28. The number of amides is 1. The first-order chi connectivity index (χ1) is 6.54. The molecule has 0 aliphatic carbocycles. The Kier molecular flexibility index (Phi) is 3.48. The van der Waals surface area contributed by atoms with Crippen molar-refractivity contribution in [2.75, 3.05) is 11.6 Å². The summed E-state index contributed by atoms with van der Waals surface area (Å²) in [5.41, 5.74) is 0. The fourth-order valence-electron chi connectivity index (χ4n) is 0.784. The second-order valence-electron chi connectivity index (χ2n) is 2.35. The van der Waals surface area contributed by atoms with Gasteiger partial charge < -0.3 is 10.4 Å². The van der Waals surface area contributed by atoms with Crippen LogP contribution in [0.15, 0.2) is 4.34 Å². The number of rotatable bonds is 3. The van der Waals surface area contributed by atoms with Gasteiger partial charge in [-0.3, -0.25) is 4.79 Å². The Labute approximate surface area is 88.5 Å². The van der Waals surface area contributed by atoms with E-state index < -0.39 is 5.97 Å². The highest BCUT2D eigenvalue weighted by Gasteiger charge is 2.17. The Hall–Kier alpha value is -1.08. The van der Waals surface area contributed by atoms with Crippen LogP contribution < -0.4 is 5.32 Å². The second-order valence-corrected chi connectivity index (χ2v) is 4.40. The number of nitrogens with zero attached hydrogens (tertiary/aromatic N) is 1. The molecule has 0 saturated heterocycles. The van der Waals surface area contributed by atoms with Crippen LogP contribution in [0, 0.1) is 0 Å². The van der Waals surface area contributed by atoms with E-state index in [0.29, 0.717) is 4.34 Å². The number of nitrogens with one attached hydrogen (secondary N) is 1. The van der Waals surface area contributed by atoms with E-state index in [1.165, 1.54) is 18.7 Å². The van der Waals surface area contributed by atoms with Gasteiger partial charge in [0.05, 0.1) is 0 Å². The van der Waals surface area contributed by atoms with Crippen LogP contribution >= 0.6 is 23.1 Å². The first-order valence-electron chi connectivity index (χ1n) is 3.60. The van der Waals surface area contributed by atoms with E-state index in [9.17, 15) is 9.59 Å². The quantitative estimate of drug-likeness (QED) is 0.772. The average Bonchev–Trinajstić information content (AvgIpc) is 2.46. The molecule has 0 aliphatic heterocycles. The lowest BCUT2D eigenvalue weighted by molar-refractivity contribution is -0.114. The minimum atomic E-state index is -1.08. The van der Waals surface area contributed by atoms with Crippen LogP contribution in [0.2, 0.25) is 0 Å². The van der Waals surface area contributed by atoms with Gasteiger partial charge in [-0.15, -0.1) is 0 Å². The summed E-state index contributed by atoms with van der Waals surface area (Å²) in [4.78, 5) is 25.5. The van der Waals surface area contributed by atoms with Crippen LogP contribution in [0.5, 0.6) is 0 Å². The number of carboxylic acids is 1. The Morgan fingerprint density at radius 2 is 2.21 bits per heavy atom. The van der Waals surface area contributed by atoms with Crippen molar-refractivity contribution in [3.05, 3.63) is 4.88 Å². The van der Waals surface area contributed by atoms with Gasteiger partial charge in [-0.1, -0.05) is 23.1 Å². The molecule has 1 heterocycles. The third-order valence-electron chi connectivity index (χ3n) is 1.27. The number of hydrogen-bond acceptors (Lipinski definition) is 5. The molecule has 2 N–H and O–H groups in total. The molecule has 0 radical (unpaired) electrons. The van der Waals surface area contributed by atoms with Gasteiger partial charge in [-0.05, 0) is 6.26 Å². The van der Waals surface area contributed by atoms with Crippen molar-refractivity contribution in [2.45, 2.75) is 11.3 Å². The topological polar surface area (TPSA) is 79.3 Å². The van der Waals surface area contributed by atoms with Crippen molar-refractivity contribution in [1.29, 1.82) is 0 Å². The first kappa shape index (κ1) is 11.0. The molecule has 0 bridgehead atoms. The molecule has 1 aromatic rings. The number of hydrogen-bond donors (Lipinski definition) is 2. The maximum absolute atomic E-state index is 10.7. The van der Waals surface area contributed by atoms with Crippen LogP contribution in [-0.4, -0.2) is 28.2 Å². The van der Waals surface area contributed by atoms with Crippen molar-refractivity contribution in [3.63, 3.8) is 0 Å². The number of aromatic nitrogens is 1. The highest BCUT2D eigenvalue weighted by molar-refractivity contribution is 8.00. The Bertz CT molecular complexity index is 375. The maximum Gasteiger partial charge on any atom is 0.349 e. The zero-order valence-corrected chi connectivity index (χ0v) is 9.16. The maximum atomic E-state index is 10.7. The van der Waals surface area contributed by atoms with Gasteiger partial charge in [-0.25, -0.2) is 9.78 Å². The zero-order chi connectivity index (χ0) is 10.7. The third kappa shape index (κ3) is 2.46. The van der Waals surface area contributed by atoms with Crippen molar-refractivity contribution < 1.29 is 14.7 Å². The molecule has 5 nitrogen and oxygen atoms in total. The van der Waals surface area contributed by atoms with Crippen molar-refractivity contribution in [2.24, 2.45) is 0 Å². The van der Waals surface area contributed by atoms with E-state index >= 15 is 0 Å². The van der Waals surface area contributed by atoms with Crippen molar-refractivity contribution in [3.8, 4) is 0 Å². The van der Waals surface area contributed by atoms with Crippen LogP contribution in [0.1, 0.15) is 16.6 Å². The summed E-state index contributed by atoms with van der Waals surface area (Å²) >= 11 is 2.39. The van der Waals surface area contributed by atoms with E-state index in [1.54, 1.807) is 6.26 Å². The number of carboxylic acid groups (broad SMARTS) is 1. The fourth-order valence-corrected chi connectivity index (χ4v) is 2.14.